The number of carbonyl (C=O) groups is 1. The minimum atomic E-state index is 0.138. The third kappa shape index (κ3) is 4.02. The Labute approximate surface area is 113 Å². The lowest BCUT2D eigenvalue weighted by Crippen LogP contribution is -2.34. The van der Waals surface area contributed by atoms with Gasteiger partial charge in [-0.05, 0) is 36.8 Å². The molecule has 1 heterocycles. The number of pyridine rings is 1. The molecule has 0 spiro atoms. The summed E-state index contributed by atoms with van der Waals surface area (Å²) < 4.78 is 0. The van der Waals surface area contributed by atoms with Crippen LogP contribution in [-0.2, 0) is 4.79 Å². The Balaban J connectivity index is 1.73. The van der Waals surface area contributed by atoms with Crippen LogP contribution in [0.5, 0.6) is 0 Å². The molecule has 1 aromatic heterocycles. The maximum Gasteiger partial charge on any atom is 0.230 e. The zero-order chi connectivity index (χ0) is 13.0. The van der Waals surface area contributed by atoms with Gasteiger partial charge >= 0.3 is 0 Å². The topological polar surface area (TPSA) is 42.0 Å². The molecule has 0 bridgehead atoms. The summed E-state index contributed by atoms with van der Waals surface area (Å²) in [5.41, 5.74) is 0.385. The Bertz CT molecular complexity index is 406. The summed E-state index contributed by atoms with van der Waals surface area (Å²) in [6.45, 7) is 4.54. The standard InChI is InChI=1S/C14H20N2OS/c1-14(2)6-3-11(9-14)16-13(17)10-18-12-4-7-15-8-5-12/h4-5,7-8,11H,3,6,9-10H2,1-2H3,(H,16,17). The fourth-order valence-electron chi connectivity index (χ4n) is 2.41. The molecule has 0 aromatic carbocycles. The van der Waals surface area contributed by atoms with E-state index in [0.29, 0.717) is 17.2 Å². The van der Waals surface area contributed by atoms with Crippen molar-refractivity contribution in [3.8, 4) is 0 Å². The predicted molar refractivity (Wildman–Crippen MR) is 74.5 cm³/mol. The molecule has 4 heteroatoms. The molecular weight excluding hydrogens is 244 g/mol. The second-order valence-corrected chi connectivity index (χ2v) is 6.69. The fraction of sp³-hybridized carbons (Fsp3) is 0.571. The number of carbonyl (C=O) groups excluding carboxylic acids is 1. The van der Waals surface area contributed by atoms with E-state index in [-0.39, 0.29) is 5.91 Å². The number of hydrogen-bond acceptors (Lipinski definition) is 3. The van der Waals surface area contributed by atoms with E-state index in [2.05, 4.69) is 24.1 Å². The molecule has 0 radical (unpaired) electrons. The largest absolute Gasteiger partial charge is 0.353 e. The average Bonchev–Trinajstić information content (AvgIpc) is 2.67. The zero-order valence-electron chi connectivity index (χ0n) is 11.0. The summed E-state index contributed by atoms with van der Waals surface area (Å²) in [5.74, 6) is 0.625. The van der Waals surface area contributed by atoms with Gasteiger partial charge in [-0.1, -0.05) is 13.8 Å². The van der Waals surface area contributed by atoms with E-state index in [1.165, 1.54) is 6.42 Å². The highest BCUT2D eigenvalue weighted by Crippen LogP contribution is 2.36. The summed E-state index contributed by atoms with van der Waals surface area (Å²) in [4.78, 5) is 16.9. The van der Waals surface area contributed by atoms with E-state index in [9.17, 15) is 4.79 Å². The van der Waals surface area contributed by atoms with Gasteiger partial charge in [-0.15, -0.1) is 11.8 Å². The lowest BCUT2D eigenvalue weighted by atomic mass is 9.92. The van der Waals surface area contributed by atoms with Crippen molar-refractivity contribution < 1.29 is 4.79 Å². The highest BCUT2D eigenvalue weighted by atomic mass is 32.2. The van der Waals surface area contributed by atoms with Crippen molar-refractivity contribution >= 4 is 17.7 Å². The van der Waals surface area contributed by atoms with Gasteiger partial charge in [-0.25, -0.2) is 0 Å². The fourth-order valence-corrected chi connectivity index (χ4v) is 3.11. The molecule has 1 aliphatic rings. The number of nitrogens with zero attached hydrogens (tertiary/aromatic N) is 1. The second-order valence-electron chi connectivity index (χ2n) is 5.64. The molecule has 0 aliphatic heterocycles. The Kier molecular flexibility index (Phi) is 4.27. The van der Waals surface area contributed by atoms with Gasteiger partial charge in [0.1, 0.15) is 0 Å². The lowest BCUT2D eigenvalue weighted by Gasteiger charge is -2.17. The van der Waals surface area contributed by atoms with E-state index in [1.54, 1.807) is 24.2 Å². The molecule has 1 aromatic rings. The van der Waals surface area contributed by atoms with Crippen LogP contribution in [-0.4, -0.2) is 22.7 Å². The predicted octanol–water partition coefficient (Wildman–Crippen LogP) is 2.87. The van der Waals surface area contributed by atoms with Crippen LogP contribution in [0.4, 0.5) is 0 Å². The Morgan fingerprint density at radius 2 is 2.22 bits per heavy atom. The molecule has 98 valence electrons. The second kappa shape index (κ2) is 5.74. The Morgan fingerprint density at radius 3 is 2.83 bits per heavy atom. The number of rotatable bonds is 4. The van der Waals surface area contributed by atoms with Gasteiger partial charge in [-0.2, -0.15) is 0 Å². The van der Waals surface area contributed by atoms with E-state index < -0.39 is 0 Å². The van der Waals surface area contributed by atoms with Crippen LogP contribution in [0.1, 0.15) is 33.1 Å². The molecule has 1 saturated carbocycles. The first kappa shape index (κ1) is 13.4. The monoisotopic (exact) mass is 264 g/mol. The number of aromatic nitrogens is 1. The van der Waals surface area contributed by atoms with Crippen molar-refractivity contribution in [2.75, 3.05) is 5.75 Å². The maximum absolute atomic E-state index is 11.8. The lowest BCUT2D eigenvalue weighted by molar-refractivity contribution is -0.119. The van der Waals surface area contributed by atoms with Gasteiger partial charge in [0.05, 0.1) is 5.75 Å². The maximum atomic E-state index is 11.8. The van der Waals surface area contributed by atoms with Crippen molar-refractivity contribution in [3.05, 3.63) is 24.5 Å². The van der Waals surface area contributed by atoms with Gasteiger partial charge < -0.3 is 5.32 Å². The third-order valence-electron chi connectivity index (χ3n) is 3.35. The van der Waals surface area contributed by atoms with Crippen molar-refractivity contribution in [2.45, 2.75) is 44.0 Å². The van der Waals surface area contributed by atoms with Gasteiger partial charge in [0.2, 0.25) is 5.91 Å². The minimum Gasteiger partial charge on any atom is -0.353 e. The van der Waals surface area contributed by atoms with E-state index in [0.717, 1.165) is 17.7 Å². The van der Waals surface area contributed by atoms with Crippen LogP contribution in [0.15, 0.2) is 29.4 Å². The summed E-state index contributed by atoms with van der Waals surface area (Å²) in [5, 5.41) is 3.13. The number of nitrogens with one attached hydrogen (secondary N) is 1. The molecule has 1 amide bonds. The van der Waals surface area contributed by atoms with Gasteiger partial charge in [0.25, 0.3) is 0 Å². The minimum absolute atomic E-state index is 0.138. The van der Waals surface area contributed by atoms with Crippen molar-refractivity contribution in [3.63, 3.8) is 0 Å². The first-order valence-corrected chi connectivity index (χ1v) is 7.36. The highest BCUT2D eigenvalue weighted by molar-refractivity contribution is 8.00. The molecular formula is C14H20N2OS. The van der Waals surface area contributed by atoms with Crippen molar-refractivity contribution in [1.82, 2.24) is 10.3 Å². The van der Waals surface area contributed by atoms with Gasteiger partial charge in [-0.3, -0.25) is 9.78 Å². The number of thioether (sulfide) groups is 1. The van der Waals surface area contributed by atoms with Crippen LogP contribution < -0.4 is 5.32 Å². The quantitative estimate of drug-likeness (QED) is 0.850. The first-order chi connectivity index (χ1) is 8.55. The molecule has 1 atom stereocenters. The Morgan fingerprint density at radius 1 is 1.50 bits per heavy atom. The van der Waals surface area contributed by atoms with E-state index >= 15 is 0 Å². The number of amides is 1. The molecule has 3 nitrogen and oxygen atoms in total. The summed E-state index contributed by atoms with van der Waals surface area (Å²) in [6.07, 6.45) is 6.91. The average molecular weight is 264 g/mol. The van der Waals surface area contributed by atoms with E-state index in [1.807, 2.05) is 12.1 Å². The van der Waals surface area contributed by atoms with Crippen LogP contribution in [0.3, 0.4) is 0 Å². The van der Waals surface area contributed by atoms with Crippen LogP contribution >= 0.6 is 11.8 Å². The summed E-state index contributed by atoms with van der Waals surface area (Å²) in [7, 11) is 0. The normalized spacial score (nSPS) is 21.8. The molecule has 18 heavy (non-hydrogen) atoms. The molecule has 0 saturated heterocycles. The summed E-state index contributed by atoms with van der Waals surface area (Å²) in [6, 6.07) is 4.22. The van der Waals surface area contributed by atoms with Crippen LogP contribution in [0.25, 0.3) is 0 Å². The highest BCUT2D eigenvalue weighted by Gasteiger charge is 2.31. The van der Waals surface area contributed by atoms with Crippen molar-refractivity contribution in [2.24, 2.45) is 5.41 Å². The zero-order valence-corrected chi connectivity index (χ0v) is 11.8. The van der Waals surface area contributed by atoms with Gasteiger partial charge in [0.15, 0.2) is 0 Å². The molecule has 1 fully saturated rings. The third-order valence-corrected chi connectivity index (χ3v) is 4.37. The summed E-state index contributed by atoms with van der Waals surface area (Å²) >= 11 is 1.56. The SMILES string of the molecule is CC1(C)CCC(NC(=O)CSc2ccncc2)C1. The molecule has 1 unspecified atom stereocenters. The molecule has 2 rings (SSSR count). The van der Waals surface area contributed by atoms with Gasteiger partial charge in [0, 0.05) is 23.3 Å². The first-order valence-electron chi connectivity index (χ1n) is 6.37. The molecule has 1 aliphatic carbocycles. The van der Waals surface area contributed by atoms with Crippen molar-refractivity contribution in [1.29, 1.82) is 0 Å². The van der Waals surface area contributed by atoms with Crippen LogP contribution in [0.2, 0.25) is 0 Å². The Hall–Kier alpha value is -1.03. The van der Waals surface area contributed by atoms with Crippen LogP contribution in [0, 0.1) is 5.41 Å². The van der Waals surface area contributed by atoms with E-state index in [4.69, 9.17) is 0 Å². The smallest absolute Gasteiger partial charge is 0.230 e. The number of hydrogen-bond donors (Lipinski definition) is 1. The molecule has 1 N–H and O–H groups in total.